The van der Waals surface area contributed by atoms with Gasteiger partial charge in [-0.3, -0.25) is 19.3 Å². The van der Waals surface area contributed by atoms with E-state index < -0.39 is 29.8 Å². The van der Waals surface area contributed by atoms with E-state index in [1.165, 1.54) is 4.90 Å². The number of piperazine rings is 1. The third-order valence-corrected chi connectivity index (χ3v) is 7.68. The van der Waals surface area contributed by atoms with Gasteiger partial charge in [0.15, 0.2) is 0 Å². The predicted octanol–water partition coefficient (Wildman–Crippen LogP) is 1.80. The maximum absolute atomic E-state index is 13.5. The van der Waals surface area contributed by atoms with Crippen molar-refractivity contribution in [1.82, 2.24) is 25.3 Å². The number of carbonyl (C=O) groups excluding carboxylic acids is 4. The number of rotatable bonds is 7. The number of alkyl carbamates (subject to hydrolysis) is 1. The summed E-state index contributed by atoms with van der Waals surface area (Å²) in [6.45, 7) is 8.34. The van der Waals surface area contributed by atoms with Crippen molar-refractivity contribution in [1.29, 1.82) is 5.26 Å². The van der Waals surface area contributed by atoms with E-state index in [-0.39, 0.29) is 36.3 Å². The van der Waals surface area contributed by atoms with Crippen LogP contribution in [0.2, 0.25) is 0 Å². The van der Waals surface area contributed by atoms with Gasteiger partial charge in [0.05, 0.1) is 18.2 Å². The highest BCUT2D eigenvalue weighted by atomic mass is 16.6. The lowest BCUT2D eigenvalue weighted by molar-refractivity contribution is -0.141. The summed E-state index contributed by atoms with van der Waals surface area (Å²) >= 11 is 0. The van der Waals surface area contributed by atoms with Crippen molar-refractivity contribution in [3.63, 3.8) is 0 Å². The first-order valence-corrected chi connectivity index (χ1v) is 13.5. The molecule has 210 valence electrons. The number of likely N-dealkylation sites (tertiary alicyclic amines) is 3. The first kappa shape index (κ1) is 28.4. The first-order valence-electron chi connectivity index (χ1n) is 13.5. The Labute approximate surface area is 229 Å². The molecule has 0 aliphatic carbocycles. The van der Waals surface area contributed by atoms with Crippen LogP contribution in [0, 0.1) is 11.3 Å². The highest BCUT2D eigenvalue weighted by Crippen LogP contribution is 2.38. The fourth-order valence-electron chi connectivity index (χ4n) is 5.88. The van der Waals surface area contributed by atoms with Gasteiger partial charge in [-0.05, 0) is 64.7 Å². The van der Waals surface area contributed by atoms with E-state index in [1.54, 1.807) is 33.9 Å². The van der Waals surface area contributed by atoms with E-state index in [4.69, 9.17) is 4.74 Å². The summed E-state index contributed by atoms with van der Waals surface area (Å²) in [5, 5.41) is 14.8. The molecule has 3 aliphatic rings. The molecular weight excluding hydrogens is 500 g/mol. The third kappa shape index (κ3) is 6.01. The standard InChI is InChI=1S/C28H38N6O5/c1-17(18-8-6-9-19(12-18)24(35)30-5)34-21-13-23(26(34)37)32(15-21)16-22(31-27(38)39-28(2,3)4)25(36)33-11-7-10-20(33)14-29/h6,8-9,12,17,20-23H,7,10-11,13,15-16H2,1-5H3,(H,30,35)(H,31,38)/t17-,20-,21-,22-,23-/m0/s1. The Morgan fingerprint density at radius 1 is 1.26 bits per heavy atom. The number of hydrogen-bond acceptors (Lipinski definition) is 7. The zero-order chi connectivity index (χ0) is 28.5. The van der Waals surface area contributed by atoms with Gasteiger partial charge in [0, 0.05) is 38.3 Å². The molecule has 2 N–H and O–H groups in total. The Balaban J connectivity index is 1.48. The van der Waals surface area contributed by atoms with Crippen molar-refractivity contribution in [2.75, 3.05) is 26.7 Å². The molecule has 2 bridgehead atoms. The highest BCUT2D eigenvalue weighted by molar-refractivity contribution is 5.94. The molecule has 0 unspecified atom stereocenters. The molecule has 3 fully saturated rings. The van der Waals surface area contributed by atoms with Crippen LogP contribution in [0.3, 0.4) is 0 Å². The van der Waals surface area contributed by atoms with Crippen molar-refractivity contribution in [2.24, 2.45) is 0 Å². The Kier molecular flexibility index (Phi) is 8.16. The summed E-state index contributed by atoms with van der Waals surface area (Å²) < 4.78 is 5.41. The second kappa shape index (κ2) is 11.2. The molecule has 11 heteroatoms. The molecule has 0 spiro atoms. The van der Waals surface area contributed by atoms with E-state index in [0.717, 1.165) is 12.0 Å². The van der Waals surface area contributed by atoms with Crippen molar-refractivity contribution in [2.45, 2.75) is 82.8 Å². The Morgan fingerprint density at radius 2 is 2.00 bits per heavy atom. The molecular formula is C28H38N6O5. The normalized spacial score (nSPS) is 24.3. The fraction of sp³-hybridized carbons (Fsp3) is 0.607. The minimum atomic E-state index is -0.948. The summed E-state index contributed by atoms with van der Waals surface area (Å²) in [4.78, 5) is 57.1. The maximum atomic E-state index is 13.5. The van der Waals surface area contributed by atoms with Gasteiger partial charge in [-0.15, -0.1) is 0 Å². The van der Waals surface area contributed by atoms with Crippen LogP contribution in [-0.2, 0) is 14.3 Å². The minimum absolute atomic E-state index is 0.0383. The second-order valence-corrected chi connectivity index (χ2v) is 11.5. The van der Waals surface area contributed by atoms with Crippen LogP contribution in [0.4, 0.5) is 4.79 Å². The van der Waals surface area contributed by atoms with Crippen molar-refractivity contribution in [3.05, 3.63) is 35.4 Å². The van der Waals surface area contributed by atoms with Crippen molar-refractivity contribution < 1.29 is 23.9 Å². The summed E-state index contributed by atoms with van der Waals surface area (Å²) in [6.07, 6.45) is 1.23. The summed E-state index contributed by atoms with van der Waals surface area (Å²) in [5.74, 6) is -0.561. The Morgan fingerprint density at radius 3 is 2.64 bits per heavy atom. The number of amides is 4. The maximum Gasteiger partial charge on any atom is 0.408 e. The van der Waals surface area contributed by atoms with Crippen molar-refractivity contribution >= 4 is 23.8 Å². The lowest BCUT2D eigenvalue weighted by Gasteiger charge is -2.39. The molecule has 5 atom stereocenters. The molecule has 0 radical (unpaired) electrons. The van der Waals surface area contributed by atoms with Crippen LogP contribution < -0.4 is 10.6 Å². The van der Waals surface area contributed by atoms with Crippen LogP contribution >= 0.6 is 0 Å². The molecule has 3 saturated heterocycles. The lowest BCUT2D eigenvalue weighted by atomic mass is 10.0. The van der Waals surface area contributed by atoms with E-state index in [0.29, 0.717) is 31.5 Å². The molecule has 3 aliphatic heterocycles. The molecule has 11 nitrogen and oxygen atoms in total. The topological polar surface area (TPSA) is 135 Å². The number of nitriles is 1. The van der Waals surface area contributed by atoms with Gasteiger partial charge in [-0.2, -0.15) is 5.26 Å². The number of fused-ring (bicyclic) bond motifs is 2. The van der Waals surface area contributed by atoms with Gasteiger partial charge < -0.3 is 25.2 Å². The van der Waals surface area contributed by atoms with Crippen LogP contribution in [-0.4, -0.2) is 95.0 Å². The van der Waals surface area contributed by atoms with Crippen LogP contribution in [0.15, 0.2) is 24.3 Å². The monoisotopic (exact) mass is 538 g/mol. The quantitative estimate of drug-likeness (QED) is 0.540. The van der Waals surface area contributed by atoms with Gasteiger partial charge in [-0.1, -0.05) is 12.1 Å². The summed E-state index contributed by atoms with van der Waals surface area (Å²) in [5.41, 5.74) is 0.668. The SMILES string of the molecule is CNC(=O)c1cccc([C@H](C)N2C(=O)[C@@H]3C[C@H]2CN3C[C@H](NC(=O)OC(C)(C)C)C(=O)N2CCC[C@H]2C#N)c1. The molecule has 0 aromatic heterocycles. The van der Waals surface area contributed by atoms with Crippen LogP contribution in [0.1, 0.15) is 68.9 Å². The zero-order valence-corrected chi connectivity index (χ0v) is 23.3. The van der Waals surface area contributed by atoms with Crippen LogP contribution in [0.25, 0.3) is 0 Å². The fourth-order valence-corrected chi connectivity index (χ4v) is 5.88. The number of nitrogens with one attached hydrogen (secondary N) is 2. The molecule has 0 saturated carbocycles. The number of carbonyl (C=O) groups is 4. The molecule has 1 aromatic rings. The number of hydrogen-bond donors (Lipinski definition) is 2. The van der Waals surface area contributed by atoms with Gasteiger partial charge >= 0.3 is 6.09 Å². The molecule has 4 rings (SSSR count). The van der Waals surface area contributed by atoms with Crippen molar-refractivity contribution in [3.8, 4) is 6.07 Å². The Bertz CT molecular complexity index is 1170. The molecule has 1 aromatic carbocycles. The zero-order valence-electron chi connectivity index (χ0n) is 23.3. The van der Waals surface area contributed by atoms with E-state index in [1.807, 2.05) is 34.9 Å². The van der Waals surface area contributed by atoms with E-state index in [2.05, 4.69) is 16.7 Å². The lowest BCUT2D eigenvalue weighted by Crippen LogP contribution is -2.59. The number of nitrogens with zero attached hydrogens (tertiary/aromatic N) is 4. The number of benzene rings is 1. The highest BCUT2D eigenvalue weighted by Gasteiger charge is 2.52. The smallest absolute Gasteiger partial charge is 0.408 e. The molecule has 3 heterocycles. The van der Waals surface area contributed by atoms with E-state index >= 15 is 0 Å². The van der Waals surface area contributed by atoms with Gasteiger partial charge in [0.2, 0.25) is 11.8 Å². The first-order chi connectivity index (χ1) is 18.4. The second-order valence-electron chi connectivity index (χ2n) is 11.5. The summed E-state index contributed by atoms with van der Waals surface area (Å²) in [7, 11) is 1.58. The Hall–Kier alpha value is -3.65. The molecule has 4 amide bonds. The van der Waals surface area contributed by atoms with E-state index in [9.17, 15) is 24.4 Å². The summed E-state index contributed by atoms with van der Waals surface area (Å²) in [6, 6.07) is 7.27. The predicted molar refractivity (Wildman–Crippen MR) is 142 cm³/mol. The largest absolute Gasteiger partial charge is 0.444 e. The average Bonchev–Trinajstić information content (AvgIpc) is 3.60. The van der Waals surface area contributed by atoms with Gasteiger partial charge in [-0.25, -0.2) is 4.79 Å². The minimum Gasteiger partial charge on any atom is -0.444 e. The molecule has 39 heavy (non-hydrogen) atoms. The van der Waals surface area contributed by atoms with Gasteiger partial charge in [0.1, 0.15) is 17.7 Å². The van der Waals surface area contributed by atoms with Gasteiger partial charge in [0.25, 0.3) is 5.91 Å². The van der Waals surface area contributed by atoms with Crippen LogP contribution in [0.5, 0.6) is 0 Å². The third-order valence-electron chi connectivity index (χ3n) is 7.68. The average molecular weight is 539 g/mol. The number of ether oxygens (including phenoxy) is 1.